The molecule has 3 aromatic carbocycles. The van der Waals surface area contributed by atoms with E-state index in [-0.39, 0.29) is 0 Å². The Bertz CT molecular complexity index is 965. The number of fused-ring (bicyclic) bond motifs is 1. The predicted molar refractivity (Wildman–Crippen MR) is 109 cm³/mol. The maximum Gasteiger partial charge on any atom is 0.341 e. The second kappa shape index (κ2) is 7.33. The standard InChI is InChI=1S/C22H15IO3/c23-19-17-13-7-8-14-18(17)22(25-20(19)15-9-3-1-4-10-15)26-21(24)16-11-5-2-6-12-16/h1-14,22H. The zero-order valence-electron chi connectivity index (χ0n) is 13.8. The molecule has 1 aliphatic rings. The van der Waals surface area contributed by atoms with Gasteiger partial charge < -0.3 is 9.47 Å². The van der Waals surface area contributed by atoms with Crippen molar-refractivity contribution in [3.63, 3.8) is 0 Å². The average Bonchev–Trinajstić information content (AvgIpc) is 2.71. The van der Waals surface area contributed by atoms with Gasteiger partial charge in [0.2, 0.25) is 0 Å². The lowest BCUT2D eigenvalue weighted by atomic mass is 10.0. The van der Waals surface area contributed by atoms with Crippen LogP contribution >= 0.6 is 22.6 Å². The summed E-state index contributed by atoms with van der Waals surface area (Å²) in [7, 11) is 0. The molecule has 1 atom stereocenters. The van der Waals surface area contributed by atoms with E-state index in [1.54, 1.807) is 12.1 Å². The van der Waals surface area contributed by atoms with Crippen molar-refractivity contribution in [3.05, 3.63) is 107 Å². The minimum absolute atomic E-state index is 0.408. The van der Waals surface area contributed by atoms with Crippen molar-refractivity contribution in [2.24, 2.45) is 0 Å². The van der Waals surface area contributed by atoms with Gasteiger partial charge in [0, 0.05) is 16.7 Å². The Morgan fingerprint density at radius 2 is 1.46 bits per heavy atom. The molecule has 1 aliphatic heterocycles. The van der Waals surface area contributed by atoms with Gasteiger partial charge in [-0.15, -0.1) is 0 Å². The minimum Gasteiger partial charge on any atom is -0.449 e. The molecule has 3 aromatic rings. The maximum absolute atomic E-state index is 12.5. The Morgan fingerprint density at radius 3 is 2.19 bits per heavy atom. The van der Waals surface area contributed by atoms with Crippen molar-refractivity contribution in [1.29, 1.82) is 0 Å². The van der Waals surface area contributed by atoms with Gasteiger partial charge in [-0.2, -0.15) is 0 Å². The summed E-state index contributed by atoms with van der Waals surface area (Å²) < 4.78 is 12.8. The Kier molecular flexibility index (Phi) is 4.75. The summed E-state index contributed by atoms with van der Waals surface area (Å²) in [5, 5.41) is 0. The summed E-state index contributed by atoms with van der Waals surface area (Å²) in [6.07, 6.45) is -0.785. The Labute approximate surface area is 165 Å². The lowest BCUT2D eigenvalue weighted by Gasteiger charge is -2.28. The SMILES string of the molecule is O=C(OC1OC(c2ccccc2)=C(I)c2ccccc21)c1ccccc1. The van der Waals surface area contributed by atoms with E-state index in [9.17, 15) is 4.79 Å². The molecule has 128 valence electrons. The van der Waals surface area contributed by atoms with Crippen LogP contribution in [0.4, 0.5) is 0 Å². The smallest absolute Gasteiger partial charge is 0.341 e. The van der Waals surface area contributed by atoms with Gasteiger partial charge in [-0.3, -0.25) is 0 Å². The van der Waals surface area contributed by atoms with Crippen LogP contribution in [0.15, 0.2) is 84.9 Å². The fraction of sp³-hybridized carbons (Fsp3) is 0.0455. The number of ether oxygens (including phenoxy) is 2. The van der Waals surface area contributed by atoms with Crippen LogP contribution in [0.1, 0.15) is 33.3 Å². The van der Waals surface area contributed by atoms with E-state index in [1.165, 1.54) is 0 Å². The molecule has 4 rings (SSSR count). The minimum atomic E-state index is -0.785. The number of carbonyl (C=O) groups is 1. The quantitative estimate of drug-likeness (QED) is 0.369. The summed E-state index contributed by atoms with van der Waals surface area (Å²) in [6.45, 7) is 0. The van der Waals surface area contributed by atoms with Crippen molar-refractivity contribution in [3.8, 4) is 0 Å². The van der Waals surface area contributed by atoms with E-state index >= 15 is 0 Å². The third-order valence-electron chi connectivity index (χ3n) is 4.13. The monoisotopic (exact) mass is 454 g/mol. The summed E-state index contributed by atoms with van der Waals surface area (Å²) in [5.41, 5.74) is 3.32. The van der Waals surface area contributed by atoms with Crippen LogP contribution in [0.2, 0.25) is 0 Å². The van der Waals surface area contributed by atoms with Gasteiger partial charge in [-0.25, -0.2) is 4.79 Å². The number of benzene rings is 3. The van der Waals surface area contributed by atoms with E-state index in [1.807, 2.05) is 72.8 Å². The van der Waals surface area contributed by atoms with Gasteiger partial charge in [0.15, 0.2) is 0 Å². The first-order chi connectivity index (χ1) is 12.7. The van der Waals surface area contributed by atoms with Crippen LogP contribution in [0.25, 0.3) is 9.34 Å². The van der Waals surface area contributed by atoms with E-state index in [0.29, 0.717) is 5.56 Å². The summed E-state index contributed by atoms with van der Waals surface area (Å²) in [5.74, 6) is 0.311. The van der Waals surface area contributed by atoms with Gasteiger partial charge in [0.05, 0.1) is 9.14 Å². The summed E-state index contributed by atoms with van der Waals surface area (Å²) in [6, 6.07) is 26.6. The summed E-state index contributed by atoms with van der Waals surface area (Å²) in [4.78, 5) is 12.5. The molecule has 26 heavy (non-hydrogen) atoms. The topological polar surface area (TPSA) is 35.5 Å². The van der Waals surface area contributed by atoms with Crippen LogP contribution in [0, 0.1) is 0 Å². The predicted octanol–water partition coefficient (Wildman–Crippen LogP) is 5.83. The molecule has 1 heterocycles. The molecule has 1 unspecified atom stereocenters. The molecule has 0 spiro atoms. The largest absolute Gasteiger partial charge is 0.449 e. The van der Waals surface area contributed by atoms with Crippen LogP contribution in [-0.2, 0) is 9.47 Å². The number of rotatable bonds is 3. The number of carbonyl (C=O) groups excluding carboxylic acids is 1. The average molecular weight is 454 g/mol. The molecule has 0 aliphatic carbocycles. The van der Waals surface area contributed by atoms with Crippen molar-refractivity contribution >= 4 is 37.9 Å². The molecular weight excluding hydrogens is 439 g/mol. The molecule has 0 fully saturated rings. The number of hydrogen-bond donors (Lipinski definition) is 0. The first-order valence-electron chi connectivity index (χ1n) is 8.21. The van der Waals surface area contributed by atoms with Gasteiger partial charge >= 0.3 is 5.97 Å². The van der Waals surface area contributed by atoms with Gasteiger partial charge in [0.1, 0.15) is 5.76 Å². The second-order valence-corrected chi connectivity index (χ2v) is 6.90. The fourth-order valence-corrected chi connectivity index (χ4v) is 3.79. The van der Waals surface area contributed by atoms with Crippen LogP contribution < -0.4 is 0 Å². The molecule has 0 radical (unpaired) electrons. The number of halogens is 1. The molecule has 4 heteroatoms. The van der Waals surface area contributed by atoms with E-state index in [0.717, 1.165) is 26.0 Å². The molecule has 0 N–H and O–H groups in total. The third kappa shape index (κ3) is 3.24. The zero-order chi connectivity index (χ0) is 17.9. The third-order valence-corrected chi connectivity index (χ3v) is 5.21. The van der Waals surface area contributed by atoms with Crippen LogP contribution in [0.3, 0.4) is 0 Å². The van der Waals surface area contributed by atoms with E-state index in [2.05, 4.69) is 22.6 Å². The zero-order valence-corrected chi connectivity index (χ0v) is 15.9. The van der Waals surface area contributed by atoms with Crippen LogP contribution in [0.5, 0.6) is 0 Å². The van der Waals surface area contributed by atoms with Crippen molar-refractivity contribution < 1.29 is 14.3 Å². The van der Waals surface area contributed by atoms with Gasteiger partial charge in [-0.05, 0) is 34.7 Å². The van der Waals surface area contributed by atoms with Gasteiger partial charge in [0.25, 0.3) is 6.29 Å². The van der Waals surface area contributed by atoms with Crippen molar-refractivity contribution in [2.45, 2.75) is 6.29 Å². The fourth-order valence-electron chi connectivity index (χ4n) is 2.86. The maximum atomic E-state index is 12.5. The highest BCUT2D eigenvalue weighted by molar-refractivity contribution is 14.1. The van der Waals surface area contributed by atoms with E-state index in [4.69, 9.17) is 9.47 Å². The highest BCUT2D eigenvalue weighted by atomic mass is 127. The normalized spacial score (nSPS) is 15.8. The highest BCUT2D eigenvalue weighted by Crippen LogP contribution is 2.44. The highest BCUT2D eigenvalue weighted by Gasteiger charge is 2.30. The van der Waals surface area contributed by atoms with Crippen molar-refractivity contribution in [2.75, 3.05) is 0 Å². The molecule has 0 amide bonds. The summed E-state index contributed by atoms with van der Waals surface area (Å²) >= 11 is 2.28. The molecule has 0 saturated carbocycles. The lowest BCUT2D eigenvalue weighted by Crippen LogP contribution is -2.18. The Morgan fingerprint density at radius 1 is 0.846 bits per heavy atom. The second-order valence-electron chi connectivity index (χ2n) is 5.82. The molecule has 3 nitrogen and oxygen atoms in total. The lowest BCUT2D eigenvalue weighted by molar-refractivity contribution is -0.0671. The Hall–Kier alpha value is -2.60. The van der Waals surface area contributed by atoms with Crippen LogP contribution in [-0.4, -0.2) is 5.97 Å². The molecule has 0 bridgehead atoms. The first kappa shape index (κ1) is 16.8. The molecular formula is C22H15IO3. The first-order valence-corrected chi connectivity index (χ1v) is 9.29. The molecule has 0 aromatic heterocycles. The molecule has 0 saturated heterocycles. The van der Waals surface area contributed by atoms with E-state index < -0.39 is 12.3 Å². The number of esters is 1. The van der Waals surface area contributed by atoms with Gasteiger partial charge in [-0.1, -0.05) is 72.8 Å². The number of hydrogen-bond acceptors (Lipinski definition) is 3. The Balaban J connectivity index is 1.72. The van der Waals surface area contributed by atoms with Crippen molar-refractivity contribution in [1.82, 2.24) is 0 Å².